The number of rotatable bonds is 16. The molecule has 3 aliphatic heterocycles. The van der Waals surface area contributed by atoms with Crippen LogP contribution in [0.1, 0.15) is 91.4 Å². The molecule has 0 saturated carbocycles. The van der Waals surface area contributed by atoms with Crippen molar-refractivity contribution in [1.29, 1.82) is 0 Å². The Hall–Kier alpha value is -6.51. The lowest BCUT2D eigenvalue weighted by atomic mass is 9.91. The molecule has 362 valence electrons. The number of methoxy groups -OCH3 is 2. The Balaban J connectivity index is 1.13. The Labute approximate surface area is 411 Å². The molecular formula is C55H63N5O8S. The van der Waals surface area contributed by atoms with E-state index < -0.39 is 15.8 Å². The molecule has 14 heteroatoms. The van der Waals surface area contributed by atoms with Gasteiger partial charge < -0.3 is 38.8 Å². The monoisotopic (exact) mass is 953 g/mol. The van der Waals surface area contributed by atoms with Crippen LogP contribution in [-0.4, -0.2) is 81.3 Å². The van der Waals surface area contributed by atoms with Crippen LogP contribution in [0.25, 0.3) is 0 Å². The number of carbonyl (C=O) groups excluding carboxylic acids is 3. The van der Waals surface area contributed by atoms with Crippen LogP contribution in [0.4, 0.5) is 28.4 Å². The highest BCUT2D eigenvalue weighted by molar-refractivity contribution is 7.81. The van der Waals surface area contributed by atoms with Gasteiger partial charge in [0.1, 0.15) is 13.2 Å². The van der Waals surface area contributed by atoms with Crippen LogP contribution in [0.5, 0.6) is 23.0 Å². The van der Waals surface area contributed by atoms with Crippen molar-refractivity contribution >= 4 is 65.0 Å². The Kier molecular flexibility index (Phi) is 13.8. The summed E-state index contributed by atoms with van der Waals surface area (Å²) in [5.41, 5.74) is 6.65. The van der Waals surface area contributed by atoms with Crippen LogP contribution in [0.2, 0.25) is 0 Å². The van der Waals surface area contributed by atoms with Crippen molar-refractivity contribution in [1.82, 2.24) is 0 Å². The SMILES string of the molecule is CNc1cc(OCc2cc(COc3cc4c(cc3OC)C(=O)N3c5ccccc5CC3C=N4)cc(N(CC(C)(C)S)C(=O)C(C)(C)COC(C)(C)C)c2)c(OC)cc1C(=O)N1CCc2ccccc21. The topological polar surface area (TPSA) is 131 Å². The van der Waals surface area contributed by atoms with Crippen molar-refractivity contribution in [3.8, 4) is 23.0 Å². The largest absolute Gasteiger partial charge is 0.493 e. The molecule has 1 atom stereocenters. The van der Waals surface area contributed by atoms with Gasteiger partial charge in [-0.25, -0.2) is 0 Å². The summed E-state index contributed by atoms with van der Waals surface area (Å²) in [4.78, 5) is 53.2. The predicted molar refractivity (Wildman–Crippen MR) is 276 cm³/mol. The second-order valence-corrected chi connectivity index (χ2v) is 21.3. The highest BCUT2D eigenvalue weighted by atomic mass is 32.1. The molecule has 0 saturated heterocycles. The summed E-state index contributed by atoms with van der Waals surface area (Å²) in [6.45, 7) is 14.8. The molecule has 3 heterocycles. The molecule has 3 aliphatic rings. The van der Waals surface area contributed by atoms with Crippen molar-refractivity contribution in [2.45, 2.75) is 90.9 Å². The van der Waals surface area contributed by atoms with Gasteiger partial charge in [-0.15, -0.1) is 0 Å². The van der Waals surface area contributed by atoms with Gasteiger partial charge >= 0.3 is 0 Å². The van der Waals surface area contributed by atoms with E-state index in [1.165, 1.54) is 0 Å². The van der Waals surface area contributed by atoms with Crippen molar-refractivity contribution in [2.24, 2.45) is 10.4 Å². The number of hydrogen-bond donors (Lipinski definition) is 2. The predicted octanol–water partition coefficient (Wildman–Crippen LogP) is 10.3. The number of thiol groups is 1. The number of anilines is 4. The number of nitrogens with one attached hydrogen (secondary N) is 1. The minimum atomic E-state index is -0.910. The van der Waals surface area contributed by atoms with Gasteiger partial charge in [-0.05, 0) is 120 Å². The summed E-state index contributed by atoms with van der Waals surface area (Å²) < 4.78 is 30.4. The van der Waals surface area contributed by atoms with E-state index in [9.17, 15) is 14.4 Å². The summed E-state index contributed by atoms with van der Waals surface area (Å²) in [6.07, 6.45) is 3.28. The lowest BCUT2D eigenvalue weighted by Gasteiger charge is -2.37. The van der Waals surface area contributed by atoms with Crippen LogP contribution >= 0.6 is 12.6 Å². The summed E-state index contributed by atoms with van der Waals surface area (Å²) in [7, 11) is 4.85. The molecule has 0 aromatic heterocycles. The first kappa shape index (κ1) is 48.9. The standard InChI is InChI=1S/C55H63N5O8S/c1-53(2,3)68-33-54(4,5)52(63)59(32-55(6,7)69)38-22-34(30-66-48-27-42(56-8)40(25-46(48)64-9)50(61)58-20-19-36-15-11-13-17-44(36)58)21-35(23-38)31-67-49-28-43-41(26-47(49)65-10)51(62)60-39(29-57-43)24-37-16-12-14-18-45(37)60/h11-18,21-23,25-29,39,56,69H,19-20,24,30-33H2,1-10H3. The number of ether oxygens (including phenoxy) is 5. The quantitative estimate of drug-likeness (QED) is 0.0928. The number of amides is 3. The van der Waals surface area contributed by atoms with Crippen LogP contribution < -0.4 is 39.0 Å². The van der Waals surface area contributed by atoms with E-state index in [0.29, 0.717) is 64.2 Å². The molecule has 0 aliphatic carbocycles. The van der Waals surface area contributed by atoms with Crippen LogP contribution in [0.3, 0.4) is 0 Å². The first-order valence-corrected chi connectivity index (χ1v) is 23.8. The zero-order valence-corrected chi connectivity index (χ0v) is 42.2. The molecule has 1 unspecified atom stereocenters. The smallest absolute Gasteiger partial charge is 0.261 e. The Morgan fingerprint density at radius 2 is 1.42 bits per heavy atom. The maximum Gasteiger partial charge on any atom is 0.261 e. The first-order chi connectivity index (χ1) is 32.8. The van der Waals surface area contributed by atoms with Crippen molar-refractivity contribution < 1.29 is 38.1 Å². The van der Waals surface area contributed by atoms with Crippen molar-refractivity contribution in [3.63, 3.8) is 0 Å². The molecule has 0 radical (unpaired) electrons. The van der Waals surface area contributed by atoms with E-state index in [1.54, 1.807) is 60.2 Å². The highest BCUT2D eigenvalue weighted by Crippen LogP contribution is 2.42. The number of fused-ring (bicyclic) bond motifs is 5. The number of carbonyl (C=O) groups is 3. The molecular weight excluding hydrogens is 891 g/mol. The van der Waals surface area contributed by atoms with Gasteiger partial charge in [0.15, 0.2) is 23.0 Å². The third-order valence-electron chi connectivity index (χ3n) is 12.4. The van der Waals surface area contributed by atoms with Gasteiger partial charge in [0.2, 0.25) is 5.91 Å². The number of hydrogen-bond acceptors (Lipinski definition) is 11. The number of benzene rings is 5. The van der Waals surface area contributed by atoms with Crippen molar-refractivity contribution in [2.75, 3.05) is 61.0 Å². The third-order valence-corrected chi connectivity index (χ3v) is 12.6. The molecule has 1 N–H and O–H groups in total. The minimum absolute atomic E-state index is 0.0578. The Bertz CT molecular complexity index is 2810. The van der Waals surface area contributed by atoms with Gasteiger partial charge in [0, 0.05) is 66.7 Å². The average Bonchev–Trinajstić information content (AvgIpc) is 3.90. The Morgan fingerprint density at radius 1 is 0.797 bits per heavy atom. The fourth-order valence-corrected chi connectivity index (χ4v) is 9.12. The summed E-state index contributed by atoms with van der Waals surface area (Å²) in [5, 5.41) is 3.19. The lowest BCUT2D eigenvalue weighted by Crippen LogP contribution is -2.48. The van der Waals surface area contributed by atoms with Crippen LogP contribution in [0.15, 0.2) is 96.0 Å². The Morgan fingerprint density at radius 3 is 2.06 bits per heavy atom. The van der Waals surface area contributed by atoms with Gasteiger partial charge in [-0.1, -0.05) is 36.4 Å². The minimum Gasteiger partial charge on any atom is -0.493 e. The van der Waals surface area contributed by atoms with Gasteiger partial charge in [-0.3, -0.25) is 24.3 Å². The molecule has 13 nitrogen and oxygen atoms in total. The molecule has 0 bridgehead atoms. The van der Waals surface area contributed by atoms with E-state index in [4.69, 9.17) is 41.3 Å². The van der Waals surface area contributed by atoms with E-state index in [0.717, 1.165) is 40.0 Å². The van der Waals surface area contributed by atoms with Gasteiger partial charge in [-0.2, -0.15) is 12.6 Å². The molecule has 69 heavy (non-hydrogen) atoms. The number of para-hydroxylation sites is 2. The maximum atomic E-state index is 14.8. The second-order valence-electron chi connectivity index (χ2n) is 20.1. The summed E-state index contributed by atoms with van der Waals surface area (Å²) in [6, 6.07) is 28.4. The summed E-state index contributed by atoms with van der Waals surface area (Å²) >= 11 is 4.90. The highest BCUT2D eigenvalue weighted by Gasteiger charge is 2.38. The third kappa shape index (κ3) is 10.6. The zero-order valence-electron chi connectivity index (χ0n) is 41.3. The fourth-order valence-electron chi connectivity index (χ4n) is 8.98. The van der Waals surface area contributed by atoms with Crippen LogP contribution in [0, 0.1) is 5.41 Å². The second kappa shape index (κ2) is 19.5. The lowest BCUT2D eigenvalue weighted by molar-refractivity contribution is -0.133. The molecule has 5 aromatic rings. The van der Waals surface area contributed by atoms with E-state index in [2.05, 4.69) is 5.32 Å². The number of nitrogens with zero attached hydrogens (tertiary/aromatic N) is 4. The molecule has 5 aromatic carbocycles. The van der Waals surface area contributed by atoms with Gasteiger partial charge in [0.05, 0.1) is 60.4 Å². The van der Waals surface area contributed by atoms with E-state index >= 15 is 0 Å². The van der Waals surface area contributed by atoms with Gasteiger partial charge in [0.25, 0.3) is 11.8 Å². The van der Waals surface area contributed by atoms with E-state index in [-0.39, 0.29) is 50.1 Å². The molecule has 3 amide bonds. The summed E-state index contributed by atoms with van der Waals surface area (Å²) in [5.74, 6) is 1.13. The average molecular weight is 954 g/mol. The van der Waals surface area contributed by atoms with Crippen molar-refractivity contribution in [3.05, 3.63) is 124 Å². The molecule has 8 rings (SSSR count). The normalized spacial score (nSPS) is 15.2. The molecule has 0 fully saturated rings. The fraction of sp³-hybridized carbons (Fsp3) is 0.382. The van der Waals surface area contributed by atoms with E-state index in [1.807, 2.05) is 121 Å². The zero-order chi connectivity index (χ0) is 49.4. The molecule has 0 spiro atoms. The number of aliphatic imine (C=N–C) groups is 1. The maximum absolute atomic E-state index is 14.8. The first-order valence-electron chi connectivity index (χ1n) is 23.3. The van der Waals surface area contributed by atoms with Crippen LogP contribution in [-0.2, 0) is 35.6 Å².